The predicted molar refractivity (Wildman–Crippen MR) is 104 cm³/mol. The molecule has 0 bridgehead atoms. The predicted octanol–water partition coefficient (Wildman–Crippen LogP) is 1.92. The Balaban J connectivity index is 2.06. The lowest BCUT2D eigenvalue weighted by molar-refractivity contribution is 0.184. The summed E-state index contributed by atoms with van der Waals surface area (Å²) in [6.07, 6.45) is 5.98. The van der Waals surface area contributed by atoms with Gasteiger partial charge in [0.1, 0.15) is 0 Å². The van der Waals surface area contributed by atoms with Crippen molar-refractivity contribution in [2.75, 3.05) is 13.7 Å². The van der Waals surface area contributed by atoms with Crippen molar-refractivity contribution in [3.8, 4) is 0 Å². The number of rotatable bonds is 4. The summed E-state index contributed by atoms with van der Waals surface area (Å²) in [7, 11) is 3.23. The number of ether oxygens (including phenoxy) is 1. The Morgan fingerprint density at radius 1 is 1.11 bits per heavy atom. The van der Waals surface area contributed by atoms with Crippen LogP contribution >= 0.6 is 0 Å². The average molecular weight is 373 g/mol. The monoisotopic (exact) mass is 373 g/mol. The SMILES string of the molecule is COCCn1c(=O)c2c(nc3n(C4CCCCC4)c(C)c(C)n23)n(C)c1=O. The van der Waals surface area contributed by atoms with Gasteiger partial charge in [-0.05, 0) is 26.7 Å². The summed E-state index contributed by atoms with van der Waals surface area (Å²) in [5.74, 6) is 0.767. The molecule has 0 atom stereocenters. The van der Waals surface area contributed by atoms with Gasteiger partial charge in [0.25, 0.3) is 5.56 Å². The fraction of sp³-hybridized carbons (Fsp3) is 0.632. The number of nitrogens with zero attached hydrogens (tertiary/aromatic N) is 5. The molecule has 4 rings (SSSR count). The van der Waals surface area contributed by atoms with Gasteiger partial charge in [0.05, 0.1) is 13.2 Å². The smallest absolute Gasteiger partial charge is 0.332 e. The Kier molecular flexibility index (Phi) is 4.46. The summed E-state index contributed by atoms with van der Waals surface area (Å²) < 4.78 is 12.0. The van der Waals surface area contributed by atoms with E-state index in [-0.39, 0.29) is 17.8 Å². The van der Waals surface area contributed by atoms with Crippen LogP contribution in [0.5, 0.6) is 0 Å². The van der Waals surface area contributed by atoms with E-state index in [0.29, 0.717) is 23.8 Å². The fourth-order valence-corrected chi connectivity index (χ4v) is 4.43. The minimum absolute atomic E-state index is 0.229. The van der Waals surface area contributed by atoms with Crippen LogP contribution in [0.3, 0.4) is 0 Å². The second-order valence-corrected chi connectivity index (χ2v) is 7.54. The van der Waals surface area contributed by atoms with E-state index in [1.165, 1.54) is 28.4 Å². The maximum atomic E-state index is 13.2. The molecule has 1 fully saturated rings. The molecule has 0 spiro atoms. The van der Waals surface area contributed by atoms with Gasteiger partial charge in [-0.15, -0.1) is 0 Å². The molecule has 146 valence electrons. The van der Waals surface area contributed by atoms with Crippen molar-refractivity contribution in [1.82, 2.24) is 23.1 Å². The zero-order valence-corrected chi connectivity index (χ0v) is 16.5. The summed E-state index contributed by atoms with van der Waals surface area (Å²) in [6.45, 7) is 4.65. The molecule has 1 aliphatic carbocycles. The molecule has 3 heterocycles. The van der Waals surface area contributed by atoms with Crippen molar-refractivity contribution < 1.29 is 4.74 Å². The van der Waals surface area contributed by atoms with Crippen LogP contribution in [0.2, 0.25) is 0 Å². The van der Waals surface area contributed by atoms with E-state index >= 15 is 0 Å². The number of fused-ring (bicyclic) bond motifs is 3. The first kappa shape index (κ1) is 18.0. The maximum Gasteiger partial charge on any atom is 0.332 e. The minimum atomic E-state index is -0.358. The second-order valence-electron chi connectivity index (χ2n) is 7.54. The van der Waals surface area contributed by atoms with Crippen LogP contribution in [0.25, 0.3) is 16.9 Å². The molecule has 8 nitrogen and oxygen atoms in total. The van der Waals surface area contributed by atoms with E-state index in [1.54, 1.807) is 14.2 Å². The van der Waals surface area contributed by atoms with Crippen LogP contribution in [0.15, 0.2) is 9.59 Å². The van der Waals surface area contributed by atoms with Gasteiger partial charge >= 0.3 is 5.69 Å². The molecule has 1 aliphatic rings. The highest BCUT2D eigenvalue weighted by Crippen LogP contribution is 2.33. The topological polar surface area (TPSA) is 75.5 Å². The molecule has 8 heteroatoms. The third kappa shape index (κ3) is 2.57. The van der Waals surface area contributed by atoms with Crippen LogP contribution < -0.4 is 11.2 Å². The Morgan fingerprint density at radius 3 is 2.48 bits per heavy atom. The molecular weight excluding hydrogens is 346 g/mol. The van der Waals surface area contributed by atoms with Gasteiger partial charge < -0.3 is 9.30 Å². The molecule has 0 N–H and O–H groups in total. The van der Waals surface area contributed by atoms with Crippen LogP contribution in [0.1, 0.15) is 49.5 Å². The number of aromatic nitrogens is 5. The molecule has 0 aromatic carbocycles. The van der Waals surface area contributed by atoms with Crippen molar-refractivity contribution in [1.29, 1.82) is 0 Å². The van der Waals surface area contributed by atoms with Gasteiger partial charge in [0, 0.05) is 31.6 Å². The third-order valence-electron chi connectivity index (χ3n) is 6.02. The minimum Gasteiger partial charge on any atom is -0.383 e. The Morgan fingerprint density at radius 2 is 1.81 bits per heavy atom. The van der Waals surface area contributed by atoms with Gasteiger partial charge in [0.2, 0.25) is 5.78 Å². The van der Waals surface area contributed by atoms with E-state index in [9.17, 15) is 9.59 Å². The highest BCUT2D eigenvalue weighted by molar-refractivity contribution is 5.76. The number of methoxy groups -OCH3 is 1. The van der Waals surface area contributed by atoms with Gasteiger partial charge in [-0.1, -0.05) is 19.3 Å². The number of hydrogen-bond acceptors (Lipinski definition) is 4. The Labute approximate surface area is 157 Å². The zero-order valence-electron chi connectivity index (χ0n) is 16.5. The third-order valence-corrected chi connectivity index (χ3v) is 6.02. The van der Waals surface area contributed by atoms with Gasteiger partial charge in [-0.2, -0.15) is 4.98 Å². The summed E-state index contributed by atoms with van der Waals surface area (Å²) in [6, 6.07) is 0.402. The number of imidazole rings is 2. The van der Waals surface area contributed by atoms with Crippen molar-refractivity contribution in [3.05, 3.63) is 32.2 Å². The van der Waals surface area contributed by atoms with Gasteiger partial charge in [-0.25, -0.2) is 4.79 Å². The number of hydrogen-bond donors (Lipinski definition) is 0. The summed E-state index contributed by atoms with van der Waals surface area (Å²) >= 11 is 0. The second kappa shape index (κ2) is 6.67. The Bertz CT molecular complexity index is 1120. The Hall–Kier alpha value is -2.35. The van der Waals surface area contributed by atoms with E-state index in [0.717, 1.165) is 30.0 Å². The van der Waals surface area contributed by atoms with Crippen molar-refractivity contribution in [2.24, 2.45) is 7.05 Å². The largest absolute Gasteiger partial charge is 0.383 e. The molecule has 0 radical (unpaired) electrons. The fourth-order valence-electron chi connectivity index (χ4n) is 4.43. The first-order chi connectivity index (χ1) is 13.0. The van der Waals surface area contributed by atoms with Crippen molar-refractivity contribution in [3.63, 3.8) is 0 Å². The molecule has 1 saturated carbocycles. The molecule has 0 unspecified atom stereocenters. The highest BCUT2D eigenvalue weighted by atomic mass is 16.5. The van der Waals surface area contributed by atoms with Crippen LogP contribution in [-0.2, 0) is 18.3 Å². The normalized spacial score (nSPS) is 16.0. The van der Waals surface area contributed by atoms with E-state index in [4.69, 9.17) is 9.72 Å². The quantitative estimate of drug-likeness (QED) is 0.700. The van der Waals surface area contributed by atoms with Gasteiger partial charge in [-0.3, -0.25) is 18.3 Å². The lowest BCUT2D eigenvalue weighted by Gasteiger charge is -2.24. The highest BCUT2D eigenvalue weighted by Gasteiger charge is 2.26. The molecule has 3 aromatic heterocycles. The average Bonchev–Trinajstić information content (AvgIpc) is 3.17. The van der Waals surface area contributed by atoms with E-state index in [1.807, 2.05) is 11.3 Å². The molecular formula is C19H27N5O3. The lowest BCUT2D eigenvalue weighted by Crippen LogP contribution is -2.40. The van der Waals surface area contributed by atoms with Gasteiger partial charge in [0.15, 0.2) is 11.2 Å². The number of aryl methyl sites for hydroxylation is 2. The van der Waals surface area contributed by atoms with E-state index in [2.05, 4.69) is 11.5 Å². The first-order valence-corrected chi connectivity index (χ1v) is 9.65. The van der Waals surface area contributed by atoms with Crippen LogP contribution in [0, 0.1) is 13.8 Å². The summed E-state index contributed by atoms with van der Waals surface area (Å²) in [5, 5.41) is 0. The molecule has 0 aliphatic heterocycles. The summed E-state index contributed by atoms with van der Waals surface area (Å²) in [4.78, 5) is 30.6. The van der Waals surface area contributed by atoms with Crippen LogP contribution in [0.4, 0.5) is 0 Å². The lowest BCUT2D eigenvalue weighted by atomic mass is 9.95. The molecule has 3 aromatic rings. The first-order valence-electron chi connectivity index (χ1n) is 9.65. The van der Waals surface area contributed by atoms with E-state index < -0.39 is 0 Å². The van der Waals surface area contributed by atoms with Crippen molar-refractivity contribution in [2.45, 2.75) is 58.5 Å². The molecule has 0 saturated heterocycles. The summed E-state index contributed by atoms with van der Waals surface area (Å²) in [5.41, 5.74) is 2.40. The van der Waals surface area contributed by atoms with Crippen LogP contribution in [-0.4, -0.2) is 36.8 Å². The molecule has 0 amide bonds. The standard InChI is InChI=1S/C19H27N5O3/c1-12-13(2)24-15-16(20-18(24)23(12)14-8-6-5-7-9-14)21(3)19(26)22(17(15)25)10-11-27-4/h14H,5-11H2,1-4H3. The maximum absolute atomic E-state index is 13.2. The molecule has 27 heavy (non-hydrogen) atoms. The zero-order chi connectivity index (χ0) is 19.3. The van der Waals surface area contributed by atoms with Crippen molar-refractivity contribution >= 4 is 16.9 Å².